The van der Waals surface area contributed by atoms with Crippen molar-refractivity contribution in [2.24, 2.45) is 20.0 Å². The average molecular weight is 1070 g/mol. The summed E-state index contributed by atoms with van der Waals surface area (Å²) >= 11 is 0. The van der Waals surface area contributed by atoms with Crippen LogP contribution in [0.25, 0.3) is 33.4 Å². The van der Waals surface area contributed by atoms with Gasteiger partial charge in [0.2, 0.25) is 0 Å². The molecule has 7 aromatic carbocycles. The monoisotopic (exact) mass is 1070 g/mol. The predicted molar refractivity (Wildman–Crippen MR) is 346 cm³/mol. The van der Waals surface area contributed by atoms with Crippen LogP contribution in [0.3, 0.4) is 0 Å². The minimum absolute atomic E-state index is 0.835. The maximum Gasteiger partial charge on any atom is 0.0812 e. The largest absolute Gasteiger partial charge is 0.255 e. The highest BCUT2D eigenvalue weighted by molar-refractivity contribution is 5.97. The minimum Gasteiger partial charge on any atom is -0.255 e. The first-order valence-corrected chi connectivity index (χ1v) is 27.3. The van der Waals surface area contributed by atoms with E-state index in [0.717, 1.165) is 56.7 Å². The highest BCUT2D eigenvalue weighted by Gasteiger charge is 2.18. The average Bonchev–Trinajstić information content (AvgIpc) is 3.66. The maximum absolute atomic E-state index is 5.08. The van der Waals surface area contributed by atoms with Crippen molar-refractivity contribution in [3.8, 4) is 33.4 Å². The molecule has 0 aliphatic carbocycles. The number of aromatic nitrogens is 4. The lowest BCUT2D eigenvalue weighted by molar-refractivity contribution is 1.30. The highest BCUT2D eigenvalue weighted by Crippen LogP contribution is 2.45. The third-order valence-corrected chi connectivity index (χ3v) is 13.1. The number of pyridine rings is 4. The molecule has 11 aromatic rings. The smallest absolute Gasteiger partial charge is 0.0812 e. The Morgan fingerprint density at radius 3 is 0.939 bits per heavy atom. The summed E-state index contributed by atoms with van der Waals surface area (Å²) in [4.78, 5) is 35.3. The molecule has 8 nitrogen and oxygen atoms in total. The Morgan fingerprint density at radius 1 is 0.268 bits per heavy atom. The zero-order valence-corrected chi connectivity index (χ0v) is 48.0. The van der Waals surface area contributed by atoms with Crippen molar-refractivity contribution in [2.45, 2.75) is 55.4 Å². The Kier molecular flexibility index (Phi) is 21.0. The van der Waals surface area contributed by atoms with Gasteiger partial charge in [-0.3, -0.25) is 39.9 Å². The van der Waals surface area contributed by atoms with Crippen molar-refractivity contribution in [1.29, 1.82) is 0 Å². The van der Waals surface area contributed by atoms with Crippen molar-refractivity contribution >= 4 is 47.6 Å². The van der Waals surface area contributed by atoms with Crippen molar-refractivity contribution < 1.29 is 0 Å². The van der Waals surface area contributed by atoms with E-state index >= 15 is 0 Å². The second kappa shape index (κ2) is 29.7. The van der Waals surface area contributed by atoms with Gasteiger partial charge < -0.3 is 0 Å². The van der Waals surface area contributed by atoms with E-state index in [1.165, 1.54) is 66.8 Å². The Hall–Kier alpha value is -10.2. The number of hydrogen-bond donors (Lipinski definition) is 0. The first kappa shape index (κ1) is 58.0. The van der Waals surface area contributed by atoms with Gasteiger partial charge in [-0.15, -0.1) is 0 Å². The van der Waals surface area contributed by atoms with Gasteiger partial charge in [0.1, 0.15) is 0 Å². The van der Waals surface area contributed by atoms with E-state index in [4.69, 9.17) is 4.99 Å². The van der Waals surface area contributed by atoms with Crippen LogP contribution in [0.2, 0.25) is 0 Å². The van der Waals surface area contributed by atoms with E-state index in [-0.39, 0.29) is 0 Å². The fourth-order valence-corrected chi connectivity index (χ4v) is 9.10. The predicted octanol–water partition coefficient (Wildman–Crippen LogP) is 18.8. The molecule has 0 saturated carbocycles. The van der Waals surface area contributed by atoms with Gasteiger partial charge in [0.25, 0.3) is 0 Å². The summed E-state index contributed by atoms with van der Waals surface area (Å²) in [6, 6.07) is 74.0. The number of rotatable bonds is 11. The Balaban J connectivity index is 0.000000157. The first-order chi connectivity index (χ1) is 39.9. The van der Waals surface area contributed by atoms with E-state index in [1.54, 1.807) is 43.4 Å². The lowest BCUT2D eigenvalue weighted by Crippen LogP contribution is -1.93. The van der Waals surface area contributed by atoms with Gasteiger partial charge in [-0.1, -0.05) is 127 Å². The molecular formula is C74H68N8. The summed E-state index contributed by atoms with van der Waals surface area (Å²) in [7, 11) is 0. The van der Waals surface area contributed by atoms with E-state index in [1.807, 2.05) is 110 Å². The molecule has 4 aromatic heterocycles. The van der Waals surface area contributed by atoms with Gasteiger partial charge in [-0.25, -0.2) is 0 Å². The Morgan fingerprint density at radius 2 is 0.585 bits per heavy atom. The minimum atomic E-state index is 0.835. The van der Waals surface area contributed by atoms with E-state index in [0.29, 0.717) is 0 Å². The summed E-state index contributed by atoms with van der Waals surface area (Å²) in [6.45, 7) is 16.8. The SMILES string of the molecule is Cc1cc(C)cc(N=Cc2ccccn2)c1.Cc1cc(C)cc(N=Cc2ccccn2)c1.Cc1ccccc1-c1cc(-c2ccccc2C)c(N=Cc2ccccn2)c(-c2ccccc2C)c1.Cc1ccccc1N=Cc1ccccn1. The molecule has 4 heterocycles. The van der Waals surface area contributed by atoms with Crippen LogP contribution in [0.4, 0.5) is 22.7 Å². The number of hydrogen-bond acceptors (Lipinski definition) is 8. The van der Waals surface area contributed by atoms with E-state index in [9.17, 15) is 0 Å². The van der Waals surface area contributed by atoms with Crippen LogP contribution in [0.15, 0.2) is 263 Å². The van der Waals surface area contributed by atoms with Crippen molar-refractivity contribution in [3.63, 3.8) is 0 Å². The highest BCUT2D eigenvalue weighted by atomic mass is 14.8. The molecule has 0 radical (unpaired) electrons. The molecule has 0 saturated heterocycles. The number of aliphatic imine (C=N–C) groups is 4. The molecule has 0 atom stereocenters. The molecule has 0 aliphatic heterocycles. The summed E-state index contributed by atoms with van der Waals surface area (Å²) in [5.41, 5.74) is 24.2. The van der Waals surface area contributed by atoms with Crippen molar-refractivity contribution in [2.75, 3.05) is 0 Å². The van der Waals surface area contributed by atoms with Crippen molar-refractivity contribution in [1.82, 2.24) is 19.9 Å². The van der Waals surface area contributed by atoms with Crippen molar-refractivity contribution in [3.05, 3.63) is 310 Å². The molecule has 0 spiro atoms. The van der Waals surface area contributed by atoms with Gasteiger partial charge in [0, 0.05) is 35.9 Å². The third-order valence-electron chi connectivity index (χ3n) is 13.1. The fourth-order valence-electron chi connectivity index (χ4n) is 9.10. The van der Waals surface area contributed by atoms with Crippen LogP contribution < -0.4 is 0 Å². The molecule has 11 rings (SSSR count). The summed E-state index contributed by atoms with van der Waals surface area (Å²) in [5, 5.41) is 0. The molecule has 0 bridgehead atoms. The third kappa shape index (κ3) is 17.4. The van der Waals surface area contributed by atoms with Gasteiger partial charge in [0.05, 0.1) is 70.4 Å². The maximum atomic E-state index is 5.08. The summed E-state index contributed by atoms with van der Waals surface area (Å²) in [6.07, 6.45) is 14.3. The standard InChI is InChI=1S/C33H28N2.2C14H14N2.C13H12N2/c1-23-12-4-7-16-28(23)26-20-31(29-17-8-5-13-24(29)2)33(35-22-27-15-10-11-19-34-27)32(21-26)30-18-9-6-14-25(30)3;2*1-11-7-12(2)9-14(8-11)16-10-13-5-3-4-6-15-13;1-11-6-2-3-8-13(11)15-10-12-7-4-5-9-14-12/h4-22H,1-3H3;2*3-10H,1-2H3;2-10H,1H3. The summed E-state index contributed by atoms with van der Waals surface area (Å²) in [5.74, 6) is 0. The molecule has 404 valence electrons. The Bertz CT molecular complexity index is 3740. The molecule has 0 amide bonds. The molecule has 0 fully saturated rings. The normalized spacial score (nSPS) is 11.0. The van der Waals surface area contributed by atoms with Crippen LogP contribution in [0.5, 0.6) is 0 Å². The van der Waals surface area contributed by atoms with Crippen LogP contribution in [0.1, 0.15) is 67.3 Å². The van der Waals surface area contributed by atoms with Crippen LogP contribution in [0, 0.1) is 55.4 Å². The molecule has 8 heteroatoms. The molecule has 82 heavy (non-hydrogen) atoms. The van der Waals surface area contributed by atoms with Gasteiger partial charge in [-0.05, 0) is 213 Å². The van der Waals surface area contributed by atoms with Crippen LogP contribution in [-0.4, -0.2) is 44.8 Å². The number of aryl methyl sites for hydroxylation is 8. The van der Waals surface area contributed by atoms with Crippen LogP contribution in [-0.2, 0) is 0 Å². The lowest BCUT2D eigenvalue weighted by Gasteiger charge is -2.18. The topological polar surface area (TPSA) is 101 Å². The van der Waals surface area contributed by atoms with Gasteiger partial charge in [-0.2, -0.15) is 0 Å². The van der Waals surface area contributed by atoms with E-state index in [2.05, 4.69) is 205 Å². The first-order valence-electron chi connectivity index (χ1n) is 27.3. The van der Waals surface area contributed by atoms with Gasteiger partial charge in [0.15, 0.2) is 0 Å². The molecule has 0 aliphatic rings. The number of benzene rings is 7. The zero-order valence-electron chi connectivity index (χ0n) is 48.0. The van der Waals surface area contributed by atoms with E-state index < -0.39 is 0 Å². The number of nitrogens with zero attached hydrogens (tertiary/aromatic N) is 8. The quantitative estimate of drug-likeness (QED) is 0.120. The zero-order chi connectivity index (χ0) is 57.5. The Labute approximate surface area is 484 Å². The molecule has 0 N–H and O–H groups in total. The molecular weight excluding hydrogens is 1000 g/mol. The second-order valence-electron chi connectivity index (χ2n) is 19.9. The second-order valence-corrected chi connectivity index (χ2v) is 19.9. The number of para-hydroxylation sites is 1. The fraction of sp³-hybridized carbons (Fsp3) is 0.108. The van der Waals surface area contributed by atoms with Gasteiger partial charge >= 0.3 is 0 Å². The lowest BCUT2D eigenvalue weighted by atomic mass is 9.87. The summed E-state index contributed by atoms with van der Waals surface area (Å²) < 4.78 is 0. The van der Waals surface area contributed by atoms with Crippen LogP contribution >= 0.6 is 0 Å². The molecule has 0 unspecified atom stereocenters.